The number of methoxy groups -OCH3 is 3. The van der Waals surface area contributed by atoms with Gasteiger partial charge in [0.05, 0.1) is 37.4 Å². The summed E-state index contributed by atoms with van der Waals surface area (Å²) in [5.74, 6) is -0.823. The Kier molecular flexibility index (Phi) is 5.91. The Morgan fingerprint density at radius 3 is 2.50 bits per heavy atom. The fourth-order valence-electron chi connectivity index (χ4n) is 3.69. The van der Waals surface area contributed by atoms with Gasteiger partial charge in [0.25, 0.3) is 5.69 Å². The summed E-state index contributed by atoms with van der Waals surface area (Å²) >= 11 is 0. The number of esters is 1. The Morgan fingerprint density at radius 1 is 1.09 bits per heavy atom. The molecule has 0 amide bonds. The van der Waals surface area contributed by atoms with Crippen LogP contribution in [0.4, 0.5) is 11.6 Å². The van der Waals surface area contributed by atoms with Crippen LogP contribution >= 0.6 is 0 Å². The summed E-state index contributed by atoms with van der Waals surface area (Å²) in [5, 5.41) is 25.8. The zero-order chi connectivity index (χ0) is 24.4. The van der Waals surface area contributed by atoms with Crippen molar-refractivity contribution in [1.82, 2.24) is 20.2 Å². The van der Waals surface area contributed by atoms with Crippen LogP contribution in [0.1, 0.15) is 22.0 Å². The number of nitro groups is 1. The maximum Gasteiger partial charge on any atom is 0.355 e. The van der Waals surface area contributed by atoms with Gasteiger partial charge in [-0.3, -0.25) is 14.9 Å². The van der Waals surface area contributed by atoms with Gasteiger partial charge in [0.1, 0.15) is 11.7 Å². The maximum atomic E-state index is 13.8. The lowest BCUT2D eigenvalue weighted by atomic mass is 9.88. The SMILES string of the molecule is COC(=O)C1=C(C(=O)c2ccc(OC)c(OC)c2)[C@@H](c2ccccc2[N+](=O)[O-])n2nnnc2N1. The molecule has 1 aliphatic rings. The number of carbonyl (C=O) groups excluding carboxylic acids is 2. The van der Waals surface area contributed by atoms with E-state index in [1.54, 1.807) is 6.07 Å². The fourth-order valence-corrected chi connectivity index (χ4v) is 3.69. The van der Waals surface area contributed by atoms with Crippen LogP contribution in [0.25, 0.3) is 0 Å². The van der Waals surface area contributed by atoms with E-state index < -0.39 is 22.7 Å². The standard InChI is InChI=1S/C21H18N6O7/c1-32-14-9-8-11(10-15(14)33-2)19(28)16-17(20(29)34-3)22-21-23-24-25-26(21)18(16)12-6-4-5-7-13(12)27(30)31/h4-10,18H,1-3H3,(H,22,23,25)/t18-/m1/s1. The van der Waals surface area contributed by atoms with Gasteiger partial charge in [-0.25, -0.2) is 4.79 Å². The predicted octanol–water partition coefficient (Wildman–Crippen LogP) is 1.92. The van der Waals surface area contributed by atoms with Crippen molar-refractivity contribution < 1.29 is 28.7 Å². The van der Waals surface area contributed by atoms with E-state index in [2.05, 4.69) is 20.8 Å². The van der Waals surface area contributed by atoms with Crippen molar-refractivity contribution in [2.24, 2.45) is 0 Å². The second-order valence-corrected chi connectivity index (χ2v) is 6.97. The molecule has 1 atom stereocenters. The topological polar surface area (TPSA) is 161 Å². The predicted molar refractivity (Wildman–Crippen MR) is 116 cm³/mol. The largest absolute Gasteiger partial charge is 0.493 e. The molecule has 1 aliphatic heterocycles. The first kappa shape index (κ1) is 22.4. The zero-order valence-electron chi connectivity index (χ0n) is 18.2. The number of nitrogens with zero attached hydrogens (tertiary/aromatic N) is 5. The fraction of sp³-hybridized carbons (Fsp3) is 0.190. The molecule has 0 bridgehead atoms. The summed E-state index contributed by atoms with van der Waals surface area (Å²) in [6, 6.07) is 9.07. The molecule has 13 heteroatoms. The van der Waals surface area contributed by atoms with E-state index >= 15 is 0 Å². The van der Waals surface area contributed by atoms with Crippen molar-refractivity contribution >= 4 is 23.4 Å². The number of rotatable bonds is 7. The molecule has 0 radical (unpaired) electrons. The van der Waals surface area contributed by atoms with Crippen LogP contribution < -0.4 is 14.8 Å². The first-order chi connectivity index (χ1) is 16.4. The van der Waals surface area contributed by atoms with Crippen LogP contribution in [0.5, 0.6) is 11.5 Å². The Morgan fingerprint density at radius 2 is 1.82 bits per heavy atom. The van der Waals surface area contributed by atoms with E-state index in [1.807, 2.05) is 0 Å². The van der Waals surface area contributed by atoms with Gasteiger partial charge in [-0.15, -0.1) is 0 Å². The second-order valence-electron chi connectivity index (χ2n) is 6.97. The number of anilines is 1. The molecular weight excluding hydrogens is 448 g/mol. The third-order valence-corrected chi connectivity index (χ3v) is 5.22. The number of nitro benzene ring substituents is 1. The molecule has 34 heavy (non-hydrogen) atoms. The van der Waals surface area contributed by atoms with Gasteiger partial charge >= 0.3 is 5.97 Å². The van der Waals surface area contributed by atoms with E-state index in [4.69, 9.17) is 14.2 Å². The smallest absolute Gasteiger partial charge is 0.355 e. The van der Waals surface area contributed by atoms with Gasteiger partial charge in [-0.1, -0.05) is 17.2 Å². The second kappa shape index (κ2) is 8.97. The average molecular weight is 466 g/mol. The van der Waals surface area contributed by atoms with Gasteiger partial charge in [0.2, 0.25) is 5.95 Å². The van der Waals surface area contributed by atoms with Crippen LogP contribution in [0, 0.1) is 10.1 Å². The van der Waals surface area contributed by atoms with E-state index in [-0.39, 0.29) is 39.8 Å². The van der Waals surface area contributed by atoms with Crippen molar-refractivity contribution in [3.63, 3.8) is 0 Å². The molecule has 1 N–H and O–H groups in total. The minimum absolute atomic E-state index is 0.00686. The third-order valence-electron chi connectivity index (χ3n) is 5.22. The summed E-state index contributed by atoms with van der Waals surface area (Å²) in [4.78, 5) is 37.8. The van der Waals surface area contributed by atoms with Crippen LogP contribution in [-0.4, -0.2) is 58.2 Å². The molecule has 2 heterocycles. The molecule has 174 valence electrons. The van der Waals surface area contributed by atoms with Crippen LogP contribution in [-0.2, 0) is 9.53 Å². The molecule has 0 saturated heterocycles. The highest BCUT2D eigenvalue weighted by atomic mass is 16.6. The minimum atomic E-state index is -1.21. The van der Waals surface area contributed by atoms with Gasteiger partial charge in [0.15, 0.2) is 17.3 Å². The number of fused-ring (bicyclic) bond motifs is 1. The normalized spacial score (nSPS) is 14.6. The van der Waals surface area contributed by atoms with E-state index in [1.165, 1.54) is 55.3 Å². The first-order valence-corrected chi connectivity index (χ1v) is 9.78. The quantitative estimate of drug-likeness (QED) is 0.234. The molecule has 3 aromatic rings. The van der Waals surface area contributed by atoms with Crippen molar-refractivity contribution in [1.29, 1.82) is 0 Å². The summed E-state index contributed by atoms with van der Waals surface area (Å²) < 4.78 is 16.6. The van der Waals surface area contributed by atoms with Crippen molar-refractivity contribution in [2.75, 3.05) is 26.6 Å². The number of carbonyl (C=O) groups is 2. The summed E-state index contributed by atoms with van der Waals surface area (Å²) in [5.41, 5.74) is -0.428. The lowest BCUT2D eigenvalue weighted by Crippen LogP contribution is -2.33. The number of nitrogens with one attached hydrogen (secondary N) is 1. The number of ketones is 1. The van der Waals surface area contributed by atoms with E-state index in [0.717, 1.165) is 7.11 Å². The Balaban J connectivity index is 1.99. The molecular formula is C21H18N6O7. The van der Waals surface area contributed by atoms with Crippen molar-refractivity contribution in [2.45, 2.75) is 6.04 Å². The van der Waals surface area contributed by atoms with E-state index in [0.29, 0.717) is 5.75 Å². The Hall–Kier alpha value is -4.81. The lowest BCUT2D eigenvalue weighted by Gasteiger charge is -2.28. The van der Waals surface area contributed by atoms with Crippen LogP contribution in [0.15, 0.2) is 53.7 Å². The molecule has 0 saturated carbocycles. The van der Waals surface area contributed by atoms with Gasteiger partial charge in [0, 0.05) is 11.6 Å². The first-order valence-electron chi connectivity index (χ1n) is 9.78. The monoisotopic (exact) mass is 466 g/mol. The molecule has 1 aromatic heterocycles. The zero-order valence-corrected chi connectivity index (χ0v) is 18.2. The highest BCUT2D eigenvalue weighted by molar-refractivity contribution is 6.15. The molecule has 2 aromatic carbocycles. The number of Topliss-reactive ketones (excluding diaryl/α,β-unsaturated/α-hetero) is 1. The molecule has 13 nitrogen and oxygen atoms in total. The number of para-hydroxylation sites is 1. The number of hydrogen-bond acceptors (Lipinski definition) is 11. The molecule has 4 rings (SSSR count). The molecule has 0 spiro atoms. The van der Waals surface area contributed by atoms with Crippen LogP contribution in [0.3, 0.4) is 0 Å². The number of benzene rings is 2. The lowest BCUT2D eigenvalue weighted by molar-refractivity contribution is -0.385. The number of tetrazole rings is 1. The average Bonchev–Trinajstić information content (AvgIpc) is 3.34. The maximum absolute atomic E-state index is 13.8. The highest BCUT2D eigenvalue weighted by Gasteiger charge is 2.41. The number of ether oxygens (including phenoxy) is 3. The van der Waals surface area contributed by atoms with Crippen LogP contribution in [0.2, 0.25) is 0 Å². The van der Waals surface area contributed by atoms with Crippen molar-refractivity contribution in [3.8, 4) is 11.5 Å². The summed E-state index contributed by atoms with van der Waals surface area (Å²) in [6.45, 7) is 0. The Labute approximate surface area is 192 Å². The Bertz CT molecular complexity index is 1330. The highest BCUT2D eigenvalue weighted by Crippen LogP contribution is 2.40. The third kappa shape index (κ3) is 3.68. The molecule has 0 unspecified atom stereocenters. The molecule has 0 aliphatic carbocycles. The number of allylic oxidation sites excluding steroid dienone is 1. The van der Waals surface area contributed by atoms with Gasteiger partial charge < -0.3 is 19.5 Å². The number of hydrogen-bond donors (Lipinski definition) is 1. The summed E-state index contributed by atoms with van der Waals surface area (Å²) in [7, 11) is 4.01. The number of aromatic nitrogens is 4. The van der Waals surface area contributed by atoms with Gasteiger partial charge in [-0.2, -0.15) is 4.68 Å². The van der Waals surface area contributed by atoms with E-state index in [9.17, 15) is 19.7 Å². The van der Waals surface area contributed by atoms with Gasteiger partial charge in [-0.05, 0) is 34.7 Å². The minimum Gasteiger partial charge on any atom is -0.493 e. The van der Waals surface area contributed by atoms with Crippen molar-refractivity contribution in [3.05, 3.63) is 75.0 Å². The molecule has 0 fully saturated rings. The summed E-state index contributed by atoms with van der Waals surface area (Å²) in [6.07, 6.45) is 0.